The molecule has 1 unspecified atom stereocenters. The minimum absolute atomic E-state index is 0.0948. The molecule has 1 atom stereocenters. The van der Waals surface area contributed by atoms with Crippen LogP contribution in [0.3, 0.4) is 0 Å². The van der Waals surface area contributed by atoms with Crippen molar-refractivity contribution in [1.29, 1.82) is 0 Å². The van der Waals surface area contributed by atoms with Crippen molar-refractivity contribution in [2.24, 2.45) is 15.4 Å². The van der Waals surface area contributed by atoms with Gasteiger partial charge in [0.25, 0.3) is 0 Å². The Balaban J connectivity index is 1.94. The lowest BCUT2D eigenvalue weighted by Crippen LogP contribution is -2.37. The lowest BCUT2D eigenvalue weighted by atomic mass is 9.90. The Kier molecular flexibility index (Phi) is 4.99. The van der Waals surface area contributed by atoms with Crippen LogP contribution in [0.1, 0.15) is 16.1 Å². The third-order valence-electron chi connectivity index (χ3n) is 4.83. The third kappa shape index (κ3) is 3.59. The number of fused-ring (bicyclic) bond motifs is 1. The van der Waals surface area contributed by atoms with Gasteiger partial charge in [-0.3, -0.25) is 0 Å². The molecule has 0 fully saturated rings. The number of aromatic nitrogens is 1. The molecular weight excluding hydrogens is 475 g/mol. The SMILES string of the molecule is Cc1ccc2nc(C3(c4ccc(S(N)(=O)=O)cc4)C=C(C(F)(F)C(F)(F)F)N=N3)sc2c1. The van der Waals surface area contributed by atoms with Crippen molar-refractivity contribution in [2.45, 2.75) is 29.5 Å². The van der Waals surface area contributed by atoms with Crippen LogP contribution < -0.4 is 5.14 Å². The number of halogens is 5. The number of rotatable bonds is 4. The molecule has 0 saturated carbocycles. The maximum Gasteiger partial charge on any atom is 0.459 e. The van der Waals surface area contributed by atoms with Gasteiger partial charge in [0.1, 0.15) is 10.7 Å². The number of nitrogens with zero attached hydrogens (tertiary/aromatic N) is 3. The van der Waals surface area contributed by atoms with Gasteiger partial charge < -0.3 is 0 Å². The summed E-state index contributed by atoms with van der Waals surface area (Å²) in [5, 5.41) is 12.2. The number of sulfonamides is 1. The van der Waals surface area contributed by atoms with E-state index in [-0.39, 0.29) is 15.5 Å². The van der Waals surface area contributed by atoms with E-state index in [2.05, 4.69) is 15.2 Å². The summed E-state index contributed by atoms with van der Waals surface area (Å²) in [6.45, 7) is 1.83. The highest BCUT2D eigenvalue weighted by molar-refractivity contribution is 7.89. The molecule has 4 rings (SSSR count). The maximum absolute atomic E-state index is 14.0. The van der Waals surface area contributed by atoms with Gasteiger partial charge in [0.15, 0.2) is 5.54 Å². The second kappa shape index (κ2) is 7.12. The van der Waals surface area contributed by atoms with Gasteiger partial charge in [0.2, 0.25) is 10.0 Å². The zero-order valence-corrected chi connectivity index (χ0v) is 17.7. The summed E-state index contributed by atoms with van der Waals surface area (Å²) in [5.74, 6) is -5.24. The fraction of sp³-hybridized carbons (Fsp3) is 0.211. The highest BCUT2D eigenvalue weighted by atomic mass is 32.2. The van der Waals surface area contributed by atoms with E-state index >= 15 is 0 Å². The van der Waals surface area contributed by atoms with Gasteiger partial charge in [-0.15, -0.1) is 11.3 Å². The van der Waals surface area contributed by atoms with Crippen molar-refractivity contribution in [1.82, 2.24) is 4.98 Å². The molecule has 0 aliphatic carbocycles. The van der Waals surface area contributed by atoms with Crippen LogP contribution in [0.5, 0.6) is 0 Å². The van der Waals surface area contributed by atoms with Gasteiger partial charge in [-0.1, -0.05) is 18.2 Å². The zero-order chi connectivity index (χ0) is 23.5. The van der Waals surface area contributed by atoms with Gasteiger partial charge in [-0.05, 0) is 48.4 Å². The van der Waals surface area contributed by atoms with E-state index in [4.69, 9.17) is 5.14 Å². The lowest BCUT2D eigenvalue weighted by molar-refractivity contribution is -0.264. The summed E-state index contributed by atoms with van der Waals surface area (Å²) in [7, 11) is -4.06. The quantitative estimate of drug-likeness (QED) is 0.521. The summed E-state index contributed by atoms with van der Waals surface area (Å²) in [5.41, 5.74) is -1.99. The third-order valence-corrected chi connectivity index (χ3v) is 6.90. The fourth-order valence-electron chi connectivity index (χ4n) is 3.15. The second-order valence-electron chi connectivity index (χ2n) is 7.13. The number of alkyl halides is 5. The van der Waals surface area contributed by atoms with E-state index in [9.17, 15) is 30.4 Å². The van der Waals surface area contributed by atoms with Crippen LogP contribution in [0.15, 0.2) is 69.4 Å². The molecule has 3 aromatic rings. The highest BCUT2D eigenvalue weighted by Crippen LogP contribution is 2.50. The number of primary sulfonamides is 1. The van der Waals surface area contributed by atoms with E-state index < -0.39 is 33.4 Å². The summed E-state index contributed by atoms with van der Waals surface area (Å²) in [6, 6.07) is 9.90. The van der Waals surface area contributed by atoms with Gasteiger partial charge >= 0.3 is 12.1 Å². The molecule has 0 bridgehead atoms. The van der Waals surface area contributed by atoms with Crippen molar-refractivity contribution in [3.05, 3.63) is 70.4 Å². The van der Waals surface area contributed by atoms with Gasteiger partial charge in [0.05, 0.1) is 15.1 Å². The number of allylic oxidation sites excluding steroid dienone is 1. The minimum atomic E-state index is -5.88. The number of hydrogen-bond acceptors (Lipinski definition) is 6. The molecule has 2 N–H and O–H groups in total. The average molecular weight is 488 g/mol. The first-order valence-electron chi connectivity index (χ1n) is 8.86. The molecule has 1 aliphatic rings. The molecule has 13 heteroatoms. The van der Waals surface area contributed by atoms with Gasteiger partial charge in [-0.2, -0.15) is 32.2 Å². The standard InChI is InChI=1S/C19H13F5N4O2S2/c1-10-2-7-13-14(8-10)31-16(26-13)17(11-3-5-12(6-4-11)32(25,29)30)9-15(27-28-17)18(20,21)19(22,23)24/h2-9H,1H3,(H2,25,29,30). The molecular formula is C19H13F5N4O2S2. The molecule has 32 heavy (non-hydrogen) atoms. The van der Waals surface area contributed by atoms with E-state index in [1.54, 1.807) is 18.2 Å². The molecule has 0 spiro atoms. The van der Waals surface area contributed by atoms with E-state index in [1.165, 1.54) is 12.1 Å². The number of nitrogens with two attached hydrogens (primary N) is 1. The Morgan fingerprint density at radius 2 is 1.69 bits per heavy atom. The van der Waals surface area contributed by atoms with Crippen LogP contribution in [0.4, 0.5) is 22.0 Å². The van der Waals surface area contributed by atoms with E-state index in [1.807, 2.05) is 6.92 Å². The molecule has 2 heterocycles. The second-order valence-corrected chi connectivity index (χ2v) is 9.72. The molecule has 0 amide bonds. The molecule has 168 valence electrons. The summed E-state index contributed by atoms with van der Waals surface area (Å²) in [6.07, 6.45) is -5.27. The number of aryl methyl sites for hydroxylation is 1. The van der Waals surface area contributed by atoms with Crippen LogP contribution in [0.2, 0.25) is 0 Å². The normalized spacial score (nSPS) is 19.5. The van der Waals surface area contributed by atoms with Gasteiger partial charge in [-0.25, -0.2) is 18.5 Å². The van der Waals surface area contributed by atoms with E-state index in [0.717, 1.165) is 29.0 Å². The Hall–Kier alpha value is -2.77. The average Bonchev–Trinajstić information content (AvgIpc) is 3.32. The Labute approximate surface area is 182 Å². The van der Waals surface area contributed by atoms with Crippen molar-refractivity contribution in [3.8, 4) is 0 Å². The summed E-state index contributed by atoms with van der Waals surface area (Å²) < 4.78 is 90.7. The van der Waals surface area contributed by atoms with Crippen LogP contribution in [-0.2, 0) is 15.6 Å². The molecule has 0 saturated heterocycles. The van der Waals surface area contributed by atoms with Crippen molar-refractivity contribution < 1.29 is 30.4 Å². The topological polar surface area (TPSA) is 97.8 Å². The van der Waals surface area contributed by atoms with Crippen molar-refractivity contribution in [3.63, 3.8) is 0 Å². The van der Waals surface area contributed by atoms with Crippen LogP contribution >= 0.6 is 11.3 Å². The fourth-order valence-corrected chi connectivity index (χ4v) is 4.85. The monoisotopic (exact) mass is 488 g/mol. The maximum atomic E-state index is 14.0. The first-order chi connectivity index (χ1) is 14.7. The Morgan fingerprint density at radius 1 is 1.03 bits per heavy atom. The summed E-state index contributed by atoms with van der Waals surface area (Å²) >= 11 is 1.05. The Morgan fingerprint density at radius 3 is 2.28 bits per heavy atom. The molecule has 0 radical (unpaired) electrons. The van der Waals surface area contributed by atoms with Crippen LogP contribution in [-0.4, -0.2) is 25.5 Å². The molecule has 1 aromatic heterocycles. The first-order valence-corrected chi connectivity index (χ1v) is 11.2. The number of thiazole rings is 1. The van der Waals surface area contributed by atoms with Crippen LogP contribution in [0, 0.1) is 6.92 Å². The van der Waals surface area contributed by atoms with E-state index in [0.29, 0.717) is 16.3 Å². The Bertz CT molecular complexity index is 1380. The molecule has 1 aliphatic heterocycles. The van der Waals surface area contributed by atoms with Gasteiger partial charge in [0, 0.05) is 0 Å². The largest absolute Gasteiger partial charge is 0.459 e. The number of hydrogen-bond donors (Lipinski definition) is 1. The smallest absolute Gasteiger partial charge is 0.238 e. The molecule has 6 nitrogen and oxygen atoms in total. The van der Waals surface area contributed by atoms with Crippen molar-refractivity contribution in [2.75, 3.05) is 0 Å². The highest BCUT2D eigenvalue weighted by Gasteiger charge is 2.62. The van der Waals surface area contributed by atoms with Crippen LogP contribution in [0.25, 0.3) is 10.2 Å². The summed E-state index contributed by atoms with van der Waals surface area (Å²) in [4.78, 5) is 4.12. The minimum Gasteiger partial charge on any atom is -0.238 e. The first kappa shape index (κ1) is 22.4. The number of azo groups is 1. The zero-order valence-electron chi connectivity index (χ0n) is 16.1. The predicted octanol–water partition coefficient (Wildman–Crippen LogP) is 5.04. The predicted molar refractivity (Wildman–Crippen MR) is 107 cm³/mol. The van der Waals surface area contributed by atoms with Crippen molar-refractivity contribution >= 4 is 31.6 Å². The lowest BCUT2D eigenvalue weighted by Gasteiger charge is -2.21. The molecule has 2 aromatic carbocycles. The number of benzene rings is 2.